The normalized spacial score (nSPS) is 11.2. The molecule has 0 bridgehead atoms. The third kappa shape index (κ3) is 4.71. The molecule has 0 aliphatic rings. The fraction of sp³-hybridized carbons (Fsp3) is 0.462. The number of carbonyl (C=O) groups is 1. The standard InChI is InChI=1S/C13H19FN2O2/c1-13(2,15)7-12(17)16-8-9-6-10(14)4-5-11(9)18-3/h4-6H,7-8,15H2,1-3H3,(H,16,17). The first-order chi connectivity index (χ1) is 8.31. The Balaban J connectivity index is 2.63. The maximum absolute atomic E-state index is 13.1. The number of nitrogens with one attached hydrogen (secondary N) is 1. The molecule has 1 rings (SSSR count). The van der Waals surface area contributed by atoms with Crippen LogP contribution in [0, 0.1) is 5.82 Å². The molecule has 0 atom stereocenters. The van der Waals surface area contributed by atoms with Gasteiger partial charge in [0.1, 0.15) is 11.6 Å². The second-order valence-electron chi connectivity index (χ2n) is 4.90. The van der Waals surface area contributed by atoms with Crippen LogP contribution in [0.5, 0.6) is 5.75 Å². The Morgan fingerprint density at radius 3 is 2.72 bits per heavy atom. The van der Waals surface area contributed by atoms with Crippen LogP contribution < -0.4 is 15.8 Å². The molecule has 0 saturated heterocycles. The number of carbonyl (C=O) groups excluding carboxylic acids is 1. The Morgan fingerprint density at radius 1 is 1.50 bits per heavy atom. The number of ether oxygens (including phenoxy) is 1. The van der Waals surface area contributed by atoms with Gasteiger partial charge in [-0.1, -0.05) is 0 Å². The molecule has 0 unspecified atom stereocenters. The van der Waals surface area contributed by atoms with Crippen LogP contribution in [0.2, 0.25) is 0 Å². The first kappa shape index (κ1) is 14.4. The summed E-state index contributed by atoms with van der Waals surface area (Å²) in [5.41, 5.74) is 5.78. The van der Waals surface area contributed by atoms with E-state index in [0.29, 0.717) is 11.3 Å². The van der Waals surface area contributed by atoms with Crippen molar-refractivity contribution in [2.75, 3.05) is 7.11 Å². The average molecular weight is 254 g/mol. The van der Waals surface area contributed by atoms with Crippen LogP contribution in [0.15, 0.2) is 18.2 Å². The largest absolute Gasteiger partial charge is 0.496 e. The number of hydrogen-bond acceptors (Lipinski definition) is 3. The SMILES string of the molecule is COc1ccc(F)cc1CNC(=O)CC(C)(C)N. The van der Waals surface area contributed by atoms with Crippen molar-refractivity contribution in [1.82, 2.24) is 5.32 Å². The van der Waals surface area contributed by atoms with Crippen molar-refractivity contribution in [1.29, 1.82) is 0 Å². The molecule has 100 valence electrons. The Labute approximate surface area is 106 Å². The van der Waals surface area contributed by atoms with Crippen molar-refractivity contribution in [2.24, 2.45) is 5.73 Å². The highest BCUT2D eigenvalue weighted by molar-refractivity contribution is 5.77. The molecule has 0 aromatic heterocycles. The number of rotatable bonds is 5. The number of hydrogen-bond donors (Lipinski definition) is 2. The summed E-state index contributed by atoms with van der Waals surface area (Å²) >= 11 is 0. The molecular weight excluding hydrogens is 235 g/mol. The van der Waals surface area contributed by atoms with Crippen LogP contribution in [-0.2, 0) is 11.3 Å². The number of halogens is 1. The topological polar surface area (TPSA) is 64.3 Å². The highest BCUT2D eigenvalue weighted by atomic mass is 19.1. The molecule has 0 heterocycles. The molecular formula is C13H19FN2O2. The molecule has 0 fully saturated rings. The minimum absolute atomic E-state index is 0.172. The van der Waals surface area contributed by atoms with Gasteiger partial charge in [0, 0.05) is 24.1 Å². The van der Waals surface area contributed by atoms with Gasteiger partial charge in [-0.2, -0.15) is 0 Å². The third-order valence-corrected chi connectivity index (χ3v) is 2.33. The lowest BCUT2D eigenvalue weighted by molar-refractivity contribution is -0.122. The molecule has 0 aliphatic heterocycles. The van der Waals surface area contributed by atoms with Crippen molar-refractivity contribution in [3.05, 3.63) is 29.6 Å². The highest BCUT2D eigenvalue weighted by Gasteiger charge is 2.16. The number of nitrogens with two attached hydrogens (primary N) is 1. The molecule has 0 spiro atoms. The predicted molar refractivity (Wildman–Crippen MR) is 67.7 cm³/mol. The second-order valence-corrected chi connectivity index (χ2v) is 4.90. The zero-order valence-corrected chi connectivity index (χ0v) is 10.9. The fourth-order valence-electron chi connectivity index (χ4n) is 1.56. The quantitative estimate of drug-likeness (QED) is 0.838. The van der Waals surface area contributed by atoms with Crippen LogP contribution in [0.3, 0.4) is 0 Å². The summed E-state index contributed by atoms with van der Waals surface area (Å²) in [4.78, 5) is 11.6. The lowest BCUT2D eigenvalue weighted by atomic mass is 10.0. The van der Waals surface area contributed by atoms with E-state index in [1.54, 1.807) is 13.8 Å². The smallest absolute Gasteiger partial charge is 0.222 e. The lowest BCUT2D eigenvalue weighted by Crippen LogP contribution is -2.38. The van der Waals surface area contributed by atoms with Crippen LogP contribution in [0.4, 0.5) is 4.39 Å². The molecule has 1 amide bonds. The number of benzene rings is 1. The van der Waals surface area contributed by atoms with Gasteiger partial charge >= 0.3 is 0 Å². The van der Waals surface area contributed by atoms with E-state index in [2.05, 4.69) is 5.32 Å². The molecule has 0 radical (unpaired) electrons. The van der Waals surface area contributed by atoms with E-state index in [4.69, 9.17) is 10.5 Å². The highest BCUT2D eigenvalue weighted by Crippen LogP contribution is 2.19. The van der Waals surface area contributed by atoms with Crippen LogP contribution in [0.25, 0.3) is 0 Å². The van der Waals surface area contributed by atoms with Gasteiger partial charge < -0.3 is 15.8 Å². The zero-order chi connectivity index (χ0) is 13.8. The summed E-state index contributed by atoms with van der Waals surface area (Å²) in [6, 6.07) is 4.18. The third-order valence-electron chi connectivity index (χ3n) is 2.33. The first-order valence-electron chi connectivity index (χ1n) is 5.70. The van der Waals surface area contributed by atoms with E-state index in [0.717, 1.165) is 0 Å². The first-order valence-corrected chi connectivity index (χ1v) is 5.70. The van der Waals surface area contributed by atoms with Crippen molar-refractivity contribution < 1.29 is 13.9 Å². The Kier molecular flexibility index (Phi) is 4.67. The predicted octanol–water partition coefficient (Wildman–Crippen LogP) is 1.58. The van der Waals surface area contributed by atoms with Crippen molar-refractivity contribution in [3.8, 4) is 5.75 Å². The summed E-state index contributed by atoms with van der Waals surface area (Å²) < 4.78 is 18.2. The monoisotopic (exact) mass is 254 g/mol. The van der Waals surface area contributed by atoms with E-state index in [1.165, 1.54) is 25.3 Å². The van der Waals surface area contributed by atoms with Crippen molar-refractivity contribution in [2.45, 2.75) is 32.4 Å². The fourth-order valence-corrected chi connectivity index (χ4v) is 1.56. The zero-order valence-electron chi connectivity index (χ0n) is 10.9. The molecule has 4 nitrogen and oxygen atoms in total. The lowest BCUT2D eigenvalue weighted by Gasteiger charge is -2.18. The Bertz CT molecular complexity index is 427. The molecule has 1 aromatic rings. The average Bonchev–Trinajstić information content (AvgIpc) is 2.24. The summed E-state index contributed by atoms with van der Waals surface area (Å²) in [5, 5.41) is 2.69. The van der Waals surface area contributed by atoms with Gasteiger partial charge in [0.25, 0.3) is 0 Å². The number of methoxy groups -OCH3 is 1. The van der Waals surface area contributed by atoms with Crippen LogP contribution in [-0.4, -0.2) is 18.6 Å². The second kappa shape index (κ2) is 5.82. The summed E-state index contributed by atoms with van der Waals surface area (Å²) in [5.74, 6) is 0.0109. The molecule has 1 aromatic carbocycles. The molecule has 0 saturated carbocycles. The summed E-state index contributed by atoms with van der Waals surface area (Å²) in [7, 11) is 1.50. The van der Waals surface area contributed by atoms with Gasteiger partial charge in [-0.15, -0.1) is 0 Å². The molecule has 5 heteroatoms. The molecule has 0 aliphatic carbocycles. The van der Waals surface area contributed by atoms with Crippen molar-refractivity contribution >= 4 is 5.91 Å². The summed E-state index contributed by atoms with van der Waals surface area (Å²) in [6.07, 6.45) is 0.213. The van der Waals surface area contributed by atoms with E-state index in [-0.39, 0.29) is 24.7 Å². The van der Waals surface area contributed by atoms with Gasteiger partial charge in [0.05, 0.1) is 7.11 Å². The van der Waals surface area contributed by atoms with Crippen LogP contribution >= 0.6 is 0 Å². The van der Waals surface area contributed by atoms with E-state index in [9.17, 15) is 9.18 Å². The van der Waals surface area contributed by atoms with Gasteiger partial charge in [-0.3, -0.25) is 4.79 Å². The van der Waals surface area contributed by atoms with Crippen molar-refractivity contribution in [3.63, 3.8) is 0 Å². The van der Waals surface area contributed by atoms with E-state index < -0.39 is 5.54 Å². The molecule has 3 N–H and O–H groups in total. The van der Waals surface area contributed by atoms with E-state index in [1.807, 2.05) is 0 Å². The Morgan fingerprint density at radius 2 is 2.17 bits per heavy atom. The van der Waals surface area contributed by atoms with Gasteiger partial charge in [-0.25, -0.2) is 4.39 Å². The molecule has 18 heavy (non-hydrogen) atoms. The minimum Gasteiger partial charge on any atom is -0.496 e. The van der Waals surface area contributed by atoms with E-state index >= 15 is 0 Å². The van der Waals surface area contributed by atoms with Gasteiger partial charge in [-0.05, 0) is 32.0 Å². The maximum atomic E-state index is 13.1. The van der Waals surface area contributed by atoms with Gasteiger partial charge in [0.15, 0.2) is 0 Å². The number of amides is 1. The van der Waals surface area contributed by atoms with Gasteiger partial charge in [0.2, 0.25) is 5.91 Å². The Hall–Kier alpha value is -1.62. The maximum Gasteiger partial charge on any atom is 0.222 e. The summed E-state index contributed by atoms with van der Waals surface area (Å²) in [6.45, 7) is 3.76. The van der Waals surface area contributed by atoms with Crippen LogP contribution in [0.1, 0.15) is 25.8 Å². The minimum atomic E-state index is -0.559.